The van der Waals surface area contributed by atoms with E-state index in [1.165, 1.54) is 18.2 Å². The van der Waals surface area contributed by atoms with Crippen LogP contribution in [0.5, 0.6) is 5.75 Å². The summed E-state index contributed by atoms with van der Waals surface area (Å²) in [6.07, 6.45) is -4.39. The number of hydrogen-bond acceptors (Lipinski definition) is 2. The SMILES string of the molecule is Nc1cc(O)c2ccc(C(F)(F)F)cc2c1. The Bertz CT molecular complexity index is 549. The minimum atomic E-state index is -4.39. The second-order valence-corrected chi connectivity index (χ2v) is 3.47. The minimum absolute atomic E-state index is 0.122. The van der Waals surface area contributed by atoms with Gasteiger partial charge in [0.05, 0.1) is 5.56 Å². The van der Waals surface area contributed by atoms with Gasteiger partial charge >= 0.3 is 6.18 Å². The van der Waals surface area contributed by atoms with Crippen molar-refractivity contribution >= 4 is 16.5 Å². The lowest BCUT2D eigenvalue weighted by Gasteiger charge is -2.09. The zero-order valence-corrected chi connectivity index (χ0v) is 8.05. The molecule has 2 rings (SSSR count). The minimum Gasteiger partial charge on any atom is -0.507 e. The molecule has 0 atom stereocenters. The first-order valence-electron chi connectivity index (χ1n) is 4.47. The number of nitrogens with two attached hydrogens (primary N) is 1. The van der Waals surface area contributed by atoms with E-state index in [2.05, 4.69) is 0 Å². The molecule has 0 spiro atoms. The van der Waals surface area contributed by atoms with E-state index in [1.54, 1.807) is 0 Å². The van der Waals surface area contributed by atoms with Crippen molar-refractivity contribution in [3.8, 4) is 5.75 Å². The van der Waals surface area contributed by atoms with Crippen molar-refractivity contribution in [1.82, 2.24) is 0 Å². The van der Waals surface area contributed by atoms with Crippen LogP contribution in [0.2, 0.25) is 0 Å². The van der Waals surface area contributed by atoms with Crippen LogP contribution in [0, 0.1) is 0 Å². The van der Waals surface area contributed by atoms with Crippen molar-refractivity contribution in [1.29, 1.82) is 0 Å². The summed E-state index contributed by atoms with van der Waals surface area (Å²) in [4.78, 5) is 0. The number of alkyl halides is 3. The molecule has 0 aliphatic rings. The highest BCUT2D eigenvalue weighted by atomic mass is 19.4. The summed E-state index contributed by atoms with van der Waals surface area (Å²) in [6.45, 7) is 0. The molecule has 2 aromatic carbocycles. The fourth-order valence-corrected chi connectivity index (χ4v) is 1.55. The van der Waals surface area contributed by atoms with Crippen molar-refractivity contribution in [3.05, 3.63) is 35.9 Å². The lowest BCUT2D eigenvalue weighted by Crippen LogP contribution is -2.04. The number of aromatic hydroxyl groups is 1. The van der Waals surface area contributed by atoms with Gasteiger partial charge in [0.25, 0.3) is 0 Å². The number of rotatable bonds is 0. The number of anilines is 1. The number of nitrogen functional groups attached to an aromatic ring is 1. The zero-order valence-electron chi connectivity index (χ0n) is 8.05. The molecule has 0 unspecified atom stereocenters. The van der Waals surface area contributed by atoms with Crippen LogP contribution < -0.4 is 5.73 Å². The van der Waals surface area contributed by atoms with Crippen molar-refractivity contribution in [2.24, 2.45) is 0 Å². The Kier molecular flexibility index (Phi) is 2.18. The molecule has 16 heavy (non-hydrogen) atoms. The first kappa shape index (κ1) is 10.6. The van der Waals surface area contributed by atoms with Crippen LogP contribution in [0.1, 0.15) is 5.56 Å². The van der Waals surface area contributed by atoms with Gasteiger partial charge in [-0.25, -0.2) is 0 Å². The third-order valence-electron chi connectivity index (χ3n) is 2.28. The largest absolute Gasteiger partial charge is 0.507 e. The van der Waals surface area contributed by atoms with Gasteiger partial charge in [-0.2, -0.15) is 13.2 Å². The lowest BCUT2D eigenvalue weighted by molar-refractivity contribution is -0.137. The Hall–Kier alpha value is -1.91. The summed E-state index contributed by atoms with van der Waals surface area (Å²) in [5, 5.41) is 10.1. The molecular formula is C11H8F3NO. The van der Waals surface area contributed by atoms with Crippen LogP contribution in [-0.2, 0) is 6.18 Å². The molecular weight excluding hydrogens is 219 g/mol. The summed E-state index contributed by atoms with van der Waals surface area (Å²) in [6, 6.07) is 5.82. The van der Waals surface area contributed by atoms with Crippen LogP contribution in [0.15, 0.2) is 30.3 Å². The Morgan fingerprint density at radius 2 is 1.75 bits per heavy atom. The molecule has 0 bridgehead atoms. The molecule has 0 aromatic heterocycles. The Balaban J connectivity index is 2.71. The highest BCUT2D eigenvalue weighted by Gasteiger charge is 2.30. The third kappa shape index (κ3) is 1.76. The fraction of sp³-hybridized carbons (Fsp3) is 0.0909. The highest BCUT2D eigenvalue weighted by molar-refractivity contribution is 5.91. The summed E-state index contributed by atoms with van der Waals surface area (Å²) in [7, 11) is 0. The predicted molar refractivity (Wildman–Crippen MR) is 55.0 cm³/mol. The van der Waals surface area contributed by atoms with E-state index in [0.717, 1.165) is 12.1 Å². The zero-order chi connectivity index (χ0) is 11.9. The van der Waals surface area contributed by atoms with Crippen LogP contribution >= 0.6 is 0 Å². The lowest BCUT2D eigenvalue weighted by atomic mass is 10.1. The van der Waals surface area contributed by atoms with Gasteiger partial charge in [-0.3, -0.25) is 0 Å². The number of hydrogen-bond donors (Lipinski definition) is 2. The third-order valence-corrected chi connectivity index (χ3v) is 2.28. The summed E-state index contributed by atoms with van der Waals surface area (Å²) in [5.74, 6) is -0.122. The molecule has 0 aliphatic carbocycles. The maximum absolute atomic E-state index is 12.4. The van der Waals surface area contributed by atoms with Crippen molar-refractivity contribution in [2.75, 3.05) is 5.73 Å². The monoisotopic (exact) mass is 227 g/mol. The fourth-order valence-electron chi connectivity index (χ4n) is 1.55. The van der Waals surface area contributed by atoms with Gasteiger partial charge in [0, 0.05) is 17.1 Å². The molecule has 0 amide bonds. The molecule has 2 nitrogen and oxygen atoms in total. The van der Waals surface area contributed by atoms with Crippen LogP contribution in [0.4, 0.5) is 18.9 Å². The summed E-state index contributed by atoms with van der Waals surface area (Å²) in [5.41, 5.74) is 4.91. The van der Waals surface area contributed by atoms with Gasteiger partial charge in [0.2, 0.25) is 0 Å². The molecule has 0 aliphatic heterocycles. The predicted octanol–water partition coefficient (Wildman–Crippen LogP) is 3.15. The molecule has 0 saturated heterocycles. The normalized spacial score (nSPS) is 11.9. The van der Waals surface area contributed by atoms with Crippen molar-refractivity contribution < 1.29 is 18.3 Å². The van der Waals surface area contributed by atoms with E-state index in [9.17, 15) is 18.3 Å². The first-order chi connectivity index (χ1) is 7.38. The smallest absolute Gasteiger partial charge is 0.416 e. The average Bonchev–Trinajstić information content (AvgIpc) is 2.15. The number of phenolic OH excluding ortho intramolecular Hbond substituents is 1. The van der Waals surface area contributed by atoms with Gasteiger partial charge < -0.3 is 10.8 Å². The second-order valence-electron chi connectivity index (χ2n) is 3.47. The molecule has 0 saturated carbocycles. The van der Waals surface area contributed by atoms with Crippen LogP contribution in [0.3, 0.4) is 0 Å². The Morgan fingerprint density at radius 3 is 2.38 bits per heavy atom. The highest BCUT2D eigenvalue weighted by Crippen LogP contribution is 2.34. The van der Waals surface area contributed by atoms with Gasteiger partial charge in [-0.05, 0) is 23.6 Å². The molecule has 3 N–H and O–H groups in total. The topological polar surface area (TPSA) is 46.2 Å². The van der Waals surface area contributed by atoms with Crippen molar-refractivity contribution in [2.45, 2.75) is 6.18 Å². The van der Waals surface area contributed by atoms with E-state index in [0.29, 0.717) is 5.39 Å². The second kappa shape index (κ2) is 3.30. The van der Waals surface area contributed by atoms with Gasteiger partial charge in [-0.1, -0.05) is 6.07 Å². The Morgan fingerprint density at radius 1 is 1.06 bits per heavy atom. The first-order valence-corrected chi connectivity index (χ1v) is 4.47. The maximum Gasteiger partial charge on any atom is 0.416 e. The average molecular weight is 227 g/mol. The van der Waals surface area contributed by atoms with E-state index < -0.39 is 11.7 Å². The molecule has 5 heteroatoms. The Labute approximate surface area is 89.1 Å². The number of phenols is 1. The van der Waals surface area contributed by atoms with Crippen LogP contribution in [-0.4, -0.2) is 5.11 Å². The van der Waals surface area contributed by atoms with E-state index >= 15 is 0 Å². The van der Waals surface area contributed by atoms with E-state index in [-0.39, 0.29) is 16.8 Å². The van der Waals surface area contributed by atoms with E-state index in [1.807, 2.05) is 0 Å². The van der Waals surface area contributed by atoms with Gasteiger partial charge in [-0.15, -0.1) is 0 Å². The number of halogens is 3. The molecule has 84 valence electrons. The maximum atomic E-state index is 12.4. The number of fused-ring (bicyclic) bond motifs is 1. The van der Waals surface area contributed by atoms with Crippen molar-refractivity contribution in [3.63, 3.8) is 0 Å². The quantitative estimate of drug-likeness (QED) is 0.679. The molecule has 0 radical (unpaired) electrons. The van der Waals surface area contributed by atoms with Gasteiger partial charge in [0.1, 0.15) is 5.75 Å². The standard InChI is InChI=1S/C11H8F3NO/c12-11(13,14)7-1-2-9-6(3-7)4-8(15)5-10(9)16/h1-5,16H,15H2. The molecule has 0 fully saturated rings. The summed E-state index contributed by atoms with van der Waals surface area (Å²) >= 11 is 0. The summed E-state index contributed by atoms with van der Waals surface area (Å²) < 4.78 is 37.3. The van der Waals surface area contributed by atoms with Crippen LogP contribution in [0.25, 0.3) is 10.8 Å². The van der Waals surface area contributed by atoms with E-state index in [4.69, 9.17) is 5.73 Å². The molecule has 0 heterocycles. The number of benzene rings is 2. The molecule has 2 aromatic rings. The van der Waals surface area contributed by atoms with Gasteiger partial charge in [0.15, 0.2) is 0 Å².